The smallest absolute Gasteiger partial charge is 0.349 e. The Balaban J connectivity index is 1.77. The number of nitrogens with zero attached hydrogens (tertiary/aromatic N) is 2. The lowest BCUT2D eigenvalue weighted by molar-refractivity contribution is -0.127. The van der Waals surface area contributed by atoms with Crippen molar-refractivity contribution in [1.82, 2.24) is 20.4 Å². The van der Waals surface area contributed by atoms with Gasteiger partial charge >= 0.3 is 12.0 Å². The topological polar surface area (TPSA) is 102 Å². The van der Waals surface area contributed by atoms with Crippen LogP contribution in [0.1, 0.15) is 29.2 Å². The Bertz CT molecular complexity index is 1030. The van der Waals surface area contributed by atoms with Gasteiger partial charge in [0.2, 0.25) is 0 Å². The summed E-state index contributed by atoms with van der Waals surface area (Å²) >= 11 is 1.24. The molecule has 146 valence electrons. The van der Waals surface area contributed by atoms with E-state index in [1.165, 1.54) is 18.3 Å². The second-order valence-corrected chi connectivity index (χ2v) is 7.09. The normalized spacial score (nSPS) is 11.8. The van der Waals surface area contributed by atoms with Crippen LogP contribution in [0.15, 0.2) is 36.4 Å². The van der Waals surface area contributed by atoms with Gasteiger partial charge in [0.1, 0.15) is 9.71 Å². The first-order valence-corrected chi connectivity index (χ1v) is 9.56. The van der Waals surface area contributed by atoms with E-state index in [1.54, 1.807) is 17.7 Å². The minimum absolute atomic E-state index is 0.359. The molecule has 2 N–H and O–H groups in total. The number of benzene rings is 1. The zero-order chi connectivity index (χ0) is 20.3. The first-order valence-electron chi connectivity index (χ1n) is 8.75. The second kappa shape index (κ2) is 8.22. The van der Waals surface area contributed by atoms with E-state index in [0.717, 1.165) is 21.6 Å². The third-order valence-corrected chi connectivity index (χ3v) is 5.06. The molecule has 0 fully saturated rings. The molecule has 8 nitrogen and oxygen atoms in total. The molecular weight excluding hydrogens is 380 g/mol. The quantitative estimate of drug-likeness (QED) is 0.641. The van der Waals surface area contributed by atoms with E-state index in [4.69, 9.17) is 4.74 Å². The standard InChI is InChI=1S/C19H20N4O4S/c1-4-20-19(26)21-16(24)12(3)27-18(25)15-10-14-11(2)22-23(17(14)28-15)13-8-6-5-7-9-13/h5-10,12H,4H2,1-3H3,(H2,20,21,24,26). The zero-order valence-corrected chi connectivity index (χ0v) is 16.5. The zero-order valence-electron chi connectivity index (χ0n) is 15.7. The lowest BCUT2D eigenvalue weighted by Crippen LogP contribution is -2.44. The molecule has 0 radical (unpaired) electrons. The fourth-order valence-electron chi connectivity index (χ4n) is 2.58. The summed E-state index contributed by atoms with van der Waals surface area (Å²) < 4.78 is 6.99. The fourth-order valence-corrected chi connectivity index (χ4v) is 3.65. The number of urea groups is 1. The summed E-state index contributed by atoms with van der Waals surface area (Å²) in [5.74, 6) is -1.31. The highest BCUT2D eigenvalue weighted by Gasteiger charge is 2.23. The van der Waals surface area contributed by atoms with Gasteiger partial charge in [0.05, 0.1) is 11.4 Å². The molecule has 9 heteroatoms. The van der Waals surface area contributed by atoms with Gasteiger partial charge in [0.25, 0.3) is 5.91 Å². The third kappa shape index (κ3) is 4.04. The largest absolute Gasteiger partial charge is 0.448 e. The third-order valence-electron chi connectivity index (χ3n) is 3.97. The first kappa shape index (κ1) is 19.6. The van der Waals surface area contributed by atoms with Crippen LogP contribution in [0.5, 0.6) is 0 Å². The summed E-state index contributed by atoms with van der Waals surface area (Å²) in [6.07, 6.45) is -1.10. The van der Waals surface area contributed by atoms with Crippen LogP contribution in [0, 0.1) is 6.92 Å². The number of carbonyl (C=O) groups is 3. The molecule has 1 atom stereocenters. The van der Waals surface area contributed by atoms with E-state index in [1.807, 2.05) is 37.3 Å². The van der Waals surface area contributed by atoms with Gasteiger partial charge in [-0.15, -0.1) is 11.3 Å². The number of aryl methyl sites for hydroxylation is 1. The lowest BCUT2D eigenvalue weighted by Gasteiger charge is -2.12. The number of hydrogen-bond acceptors (Lipinski definition) is 6. The van der Waals surface area contributed by atoms with Crippen LogP contribution >= 0.6 is 11.3 Å². The number of nitrogens with one attached hydrogen (secondary N) is 2. The van der Waals surface area contributed by atoms with Gasteiger partial charge in [-0.3, -0.25) is 10.1 Å². The molecular formula is C19H20N4O4S. The molecule has 0 bridgehead atoms. The van der Waals surface area contributed by atoms with Crippen molar-refractivity contribution in [3.63, 3.8) is 0 Å². The predicted octanol–water partition coefficient (Wildman–Crippen LogP) is 2.79. The van der Waals surface area contributed by atoms with E-state index in [0.29, 0.717) is 11.4 Å². The van der Waals surface area contributed by atoms with Crippen LogP contribution < -0.4 is 10.6 Å². The Morgan fingerprint density at radius 1 is 1.25 bits per heavy atom. The average molecular weight is 400 g/mol. The van der Waals surface area contributed by atoms with E-state index < -0.39 is 24.0 Å². The molecule has 1 unspecified atom stereocenters. The maximum absolute atomic E-state index is 12.5. The van der Waals surface area contributed by atoms with Crippen LogP contribution in [0.2, 0.25) is 0 Å². The number of ether oxygens (including phenoxy) is 1. The molecule has 3 rings (SSSR count). The Morgan fingerprint density at radius 3 is 2.64 bits per heavy atom. The second-order valence-electron chi connectivity index (χ2n) is 6.06. The van der Waals surface area contributed by atoms with Crippen molar-refractivity contribution in [2.45, 2.75) is 26.9 Å². The van der Waals surface area contributed by atoms with Crippen molar-refractivity contribution in [3.05, 3.63) is 47.0 Å². The number of para-hydroxylation sites is 1. The maximum atomic E-state index is 12.5. The molecule has 0 saturated heterocycles. The van der Waals surface area contributed by atoms with Crippen LogP contribution in [-0.4, -0.2) is 40.3 Å². The predicted molar refractivity (Wildman–Crippen MR) is 106 cm³/mol. The lowest BCUT2D eigenvalue weighted by atomic mass is 10.3. The minimum atomic E-state index is -1.10. The van der Waals surface area contributed by atoms with Crippen molar-refractivity contribution in [1.29, 1.82) is 0 Å². The van der Waals surface area contributed by atoms with E-state index in [2.05, 4.69) is 15.7 Å². The van der Waals surface area contributed by atoms with Gasteiger partial charge < -0.3 is 10.1 Å². The number of carbonyl (C=O) groups excluding carboxylic acids is 3. The Labute approximate surface area is 165 Å². The van der Waals surface area contributed by atoms with Crippen LogP contribution in [-0.2, 0) is 9.53 Å². The molecule has 0 spiro atoms. The molecule has 3 amide bonds. The molecule has 0 aliphatic carbocycles. The highest BCUT2D eigenvalue weighted by molar-refractivity contribution is 7.20. The number of fused-ring (bicyclic) bond motifs is 1. The monoisotopic (exact) mass is 400 g/mol. The van der Waals surface area contributed by atoms with E-state index in [9.17, 15) is 14.4 Å². The Kier molecular flexibility index (Phi) is 5.74. The van der Waals surface area contributed by atoms with Crippen molar-refractivity contribution < 1.29 is 19.1 Å². The summed E-state index contributed by atoms with van der Waals surface area (Å²) in [4.78, 5) is 37.0. The Hall–Kier alpha value is -3.20. The molecule has 1 aromatic carbocycles. The summed E-state index contributed by atoms with van der Waals surface area (Å²) in [7, 11) is 0. The molecule has 0 aliphatic rings. The SMILES string of the molecule is CCNC(=O)NC(=O)C(C)OC(=O)c1cc2c(C)nn(-c3ccccc3)c2s1. The summed E-state index contributed by atoms with van der Waals surface area (Å²) in [6.45, 7) is 5.39. The number of hydrogen-bond donors (Lipinski definition) is 2. The number of rotatable bonds is 5. The molecule has 0 aliphatic heterocycles. The van der Waals surface area contributed by atoms with Crippen molar-refractivity contribution in [3.8, 4) is 5.69 Å². The van der Waals surface area contributed by atoms with Crippen molar-refractivity contribution in [2.75, 3.05) is 6.54 Å². The van der Waals surface area contributed by atoms with Gasteiger partial charge in [-0.1, -0.05) is 18.2 Å². The average Bonchev–Trinajstić information content (AvgIpc) is 3.23. The van der Waals surface area contributed by atoms with E-state index >= 15 is 0 Å². The fraction of sp³-hybridized carbons (Fsp3) is 0.263. The number of amides is 3. The van der Waals surface area contributed by atoms with Crippen LogP contribution in [0.3, 0.4) is 0 Å². The minimum Gasteiger partial charge on any atom is -0.448 e. The maximum Gasteiger partial charge on any atom is 0.349 e. The van der Waals surface area contributed by atoms with Gasteiger partial charge in [-0.2, -0.15) is 5.10 Å². The number of thiophene rings is 1. The first-order chi connectivity index (χ1) is 13.4. The van der Waals surface area contributed by atoms with Gasteiger partial charge in [-0.05, 0) is 39.0 Å². The highest BCUT2D eigenvalue weighted by Crippen LogP contribution is 2.30. The van der Waals surface area contributed by atoms with Crippen LogP contribution in [0.25, 0.3) is 15.9 Å². The molecule has 3 aromatic rings. The summed E-state index contributed by atoms with van der Waals surface area (Å²) in [5.41, 5.74) is 1.67. The molecule has 2 aromatic heterocycles. The van der Waals surface area contributed by atoms with Crippen LogP contribution in [0.4, 0.5) is 4.79 Å². The molecule has 0 saturated carbocycles. The van der Waals surface area contributed by atoms with Crippen molar-refractivity contribution in [2.24, 2.45) is 0 Å². The summed E-state index contributed by atoms with van der Waals surface area (Å²) in [5, 5.41) is 9.94. The van der Waals surface area contributed by atoms with Gasteiger partial charge in [-0.25, -0.2) is 14.3 Å². The van der Waals surface area contributed by atoms with Gasteiger partial charge in [0.15, 0.2) is 6.10 Å². The highest BCUT2D eigenvalue weighted by atomic mass is 32.1. The molecule has 2 heterocycles. The number of aromatic nitrogens is 2. The molecule has 28 heavy (non-hydrogen) atoms. The summed E-state index contributed by atoms with van der Waals surface area (Å²) in [6, 6.07) is 10.7. The Morgan fingerprint density at radius 2 is 1.96 bits per heavy atom. The number of imide groups is 1. The van der Waals surface area contributed by atoms with Crippen molar-refractivity contribution >= 4 is 39.5 Å². The van der Waals surface area contributed by atoms with E-state index in [-0.39, 0.29) is 0 Å². The number of esters is 1. The van der Waals surface area contributed by atoms with Gasteiger partial charge in [0, 0.05) is 11.9 Å².